The Hall–Kier alpha value is -1.96. The summed E-state index contributed by atoms with van der Waals surface area (Å²) in [6.45, 7) is 6.91. The SMILES string of the molecule is CC[C@@H](C)c1ccc(S(=O)(=O)N2CCN(Cc3ccc(OC)c(F)c3)CC2)cc1. The number of nitrogens with zero attached hydrogens (tertiary/aromatic N) is 2. The number of hydrogen-bond donors (Lipinski definition) is 0. The molecule has 0 amide bonds. The quantitative estimate of drug-likeness (QED) is 0.683. The summed E-state index contributed by atoms with van der Waals surface area (Å²) in [5, 5.41) is 0. The van der Waals surface area contributed by atoms with Gasteiger partial charge in [-0.3, -0.25) is 4.90 Å². The molecule has 0 bridgehead atoms. The van der Waals surface area contributed by atoms with E-state index in [4.69, 9.17) is 4.74 Å². The lowest BCUT2D eigenvalue weighted by atomic mass is 9.99. The normalized spacial score (nSPS) is 17.2. The van der Waals surface area contributed by atoms with Crippen molar-refractivity contribution in [2.45, 2.75) is 37.6 Å². The zero-order chi connectivity index (χ0) is 21.0. The van der Waals surface area contributed by atoms with Gasteiger partial charge >= 0.3 is 0 Å². The summed E-state index contributed by atoms with van der Waals surface area (Å²) < 4.78 is 46.3. The second-order valence-electron chi connectivity index (χ2n) is 7.53. The molecule has 2 aromatic carbocycles. The predicted molar refractivity (Wildman–Crippen MR) is 112 cm³/mol. The van der Waals surface area contributed by atoms with Crippen LogP contribution in [0.15, 0.2) is 47.4 Å². The minimum atomic E-state index is -3.49. The van der Waals surface area contributed by atoms with Gasteiger partial charge in [0.15, 0.2) is 11.6 Å². The maximum Gasteiger partial charge on any atom is 0.243 e. The number of halogens is 1. The monoisotopic (exact) mass is 420 g/mol. The Kier molecular flexibility index (Phi) is 6.93. The number of piperazine rings is 1. The highest BCUT2D eigenvalue weighted by Gasteiger charge is 2.28. The number of ether oxygens (including phenoxy) is 1. The van der Waals surface area contributed by atoms with Crippen LogP contribution in [-0.2, 0) is 16.6 Å². The summed E-state index contributed by atoms with van der Waals surface area (Å²) in [5.41, 5.74) is 2.00. The molecule has 2 aromatic rings. The lowest BCUT2D eigenvalue weighted by Gasteiger charge is -2.34. The summed E-state index contributed by atoms with van der Waals surface area (Å²) in [6, 6.07) is 12.2. The van der Waals surface area contributed by atoms with Crippen molar-refractivity contribution in [1.82, 2.24) is 9.21 Å². The maximum atomic E-state index is 13.9. The molecule has 0 aromatic heterocycles. The van der Waals surface area contributed by atoms with Gasteiger partial charge in [-0.15, -0.1) is 0 Å². The van der Waals surface area contributed by atoms with Crippen LogP contribution in [0.3, 0.4) is 0 Å². The standard InChI is InChI=1S/C22H29FN2O3S/c1-4-17(2)19-6-8-20(9-7-19)29(26,27)25-13-11-24(12-14-25)16-18-5-10-22(28-3)21(23)15-18/h5-10,15,17H,4,11-14,16H2,1-3H3/t17-/m1/s1. The molecule has 1 heterocycles. The van der Waals surface area contributed by atoms with E-state index in [0.29, 0.717) is 43.5 Å². The molecule has 0 radical (unpaired) electrons. The zero-order valence-electron chi connectivity index (χ0n) is 17.3. The van der Waals surface area contributed by atoms with Gasteiger partial charge < -0.3 is 4.74 Å². The van der Waals surface area contributed by atoms with Crippen molar-refractivity contribution in [3.63, 3.8) is 0 Å². The van der Waals surface area contributed by atoms with Gasteiger partial charge in [0.1, 0.15) is 0 Å². The summed E-state index contributed by atoms with van der Waals surface area (Å²) >= 11 is 0. The zero-order valence-corrected chi connectivity index (χ0v) is 18.1. The molecule has 0 unspecified atom stereocenters. The van der Waals surface area contributed by atoms with Gasteiger partial charge in [0.2, 0.25) is 10.0 Å². The number of sulfonamides is 1. The molecule has 0 N–H and O–H groups in total. The highest BCUT2D eigenvalue weighted by Crippen LogP contribution is 2.24. The van der Waals surface area contributed by atoms with Crippen molar-refractivity contribution >= 4 is 10.0 Å². The van der Waals surface area contributed by atoms with Gasteiger partial charge in [-0.05, 0) is 47.7 Å². The van der Waals surface area contributed by atoms with Crippen molar-refractivity contribution < 1.29 is 17.5 Å². The Balaban J connectivity index is 1.61. The molecule has 5 nitrogen and oxygen atoms in total. The van der Waals surface area contributed by atoms with Gasteiger partial charge in [0.05, 0.1) is 12.0 Å². The van der Waals surface area contributed by atoms with Gasteiger partial charge in [-0.2, -0.15) is 4.31 Å². The van der Waals surface area contributed by atoms with E-state index >= 15 is 0 Å². The van der Waals surface area contributed by atoms with Crippen molar-refractivity contribution in [1.29, 1.82) is 0 Å². The first-order valence-corrected chi connectivity index (χ1v) is 11.4. The van der Waals surface area contributed by atoms with E-state index in [-0.39, 0.29) is 11.6 Å². The fourth-order valence-electron chi connectivity index (χ4n) is 3.55. The summed E-state index contributed by atoms with van der Waals surface area (Å²) in [5.74, 6) is 0.258. The van der Waals surface area contributed by atoms with Gasteiger partial charge in [-0.25, -0.2) is 12.8 Å². The van der Waals surface area contributed by atoms with Crippen LogP contribution < -0.4 is 4.74 Å². The number of rotatable bonds is 7. The van der Waals surface area contributed by atoms with E-state index in [1.807, 2.05) is 18.2 Å². The van der Waals surface area contributed by atoms with Crippen LogP contribution >= 0.6 is 0 Å². The van der Waals surface area contributed by atoms with E-state index in [2.05, 4.69) is 18.7 Å². The van der Waals surface area contributed by atoms with E-state index in [9.17, 15) is 12.8 Å². The lowest BCUT2D eigenvalue weighted by Crippen LogP contribution is -2.48. The first-order chi connectivity index (χ1) is 13.8. The summed E-state index contributed by atoms with van der Waals surface area (Å²) in [6.07, 6.45) is 1.02. The Bertz CT molecular complexity index is 924. The molecule has 29 heavy (non-hydrogen) atoms. The molecule has 1 saturated heterocycles. The molecule has 7 heteroatoms. The molecular weight excluding hydrogens is 391 g/mol. The van der Waals surface area contributed by atoms with Gasteiger partial charge in [0.25, 0.3) is 0 Å². The summed E-state index contributed by atoms with van der Waals surface area (Å²) in [4.78, 5) is 2.48. The molecule has 1 atom stereocenters. The van der Waals surface area contributed by atoms with Crippen molar-refractivity contribution in [3.8, 4) is 5.75 Å². The van der Waals surface area contributed by atoms with Crippen molar-refractivity contribution in [3.05, 3.63) is 59.4 Å². The van der Waals surface area contributed by atoms with Crippen LogP contribution in [0, 0.1) is 5.82 Å². The molecule has 1 fully saturated rings. The van der Waals surface area contributed by atoms with Crippen LogP contribution in [0.1, 0.15) is 37.3 Å². The third-order valence-corrected chi connectivity index (χ3v) is 7.57. The number of benzene rings is 2. The highest BCUT2D eigenvalue weighted by molar-refractivity contribution is 7.89. The van der Waals surface area contributed by atoms with Crippen LogP contribution in [-0.4, -0.2) is 50.9 Å². The van der Waals surface area contributed by atoms with Crippen molar-refractivity contribution in [2.24, 2.45) is 0 Å². The molecular formula is C22H29FN2O3S. The topological polar surface area (TPSA) is 49.9 Å². The fourth-order valence-corrected chi connectivity index (χ4v) is 4.97. The average molecular weight is 421 g/mol. The molecule has 1 aliphatic heterocycles. The van der Waals surface area contributed by atoms with E-state index in [1.165, 1.54) is 17.5 Å². The third kappa shape index (κ3) is 4.97. The maximum absolute atomic E-state index is 13.9. The van der Waals surface area contributed by atoms with Gasteiger partial charge in [-0.1, -0.05) is 32.0 Å². The van der Waals surface area contributed by atoms with E-state index in [0.717, 1.165) is 17.5 Å². The molecule has 0 saturated carbocycles. The molecule has 158 valence electrons. The first-order valence-electron chi connectivity index (χ1n) is 10.00. The first kappa shape index (κ1) is 21.7. The molecule has 0 spiro atoms. The second-order valence-corrected chi connectivity index (χ2v) is 9.47. The second kappa shape index (κ2) is 9.24. The number of methoxy groups -OCH3 is 1. The minimum absolute atomic E-state index is 0.226. The fraction of sp³-hybridized carbons (Fsp3) is 0.455. The Morgan fingerprint density at radius 1 is 1.07 bits per heavy atom. The van der Waals surface area contributed by atoms with Crippen LogP contribution in [0.2, 0.25) is 0 Å². The van der Waals surface area contributed by atoms with Crippen molar-refractivity contribution in [2.75, 3.05) is 33.3 Å². The Morgan fingerprint density at radius 3 is 2.28 bits per heavy atom. The number of hydrogen-bond acceptors (Lipinski definition) is 4. The Labute approximate surface area is 173 Å². The molecule has 0 aliphatic carbocycles. The lowest BCUT2D eigenvalue weighted by molar-refractivity contribution is 0.181. The predicted octanol–water partition coefficient (Wildman–Crippen LogP) is 3.85. The van der Waals surface area contributed by atoms with E-state index in [1.54, 1.807) is 18.2 Å². The van der Waals surface area contributed by atoms with E-state index < -0.39 is 10.0 Å². The molecule has 1 aliphatic rings. The third-order valence-electron chi connectivity index (χ3n) is 5.65. The smallest absolute Gasteiger partial charge is 0.243 e. The molecule has 3 rings (SSSR count). The summed E-state index contributed by atoms with van der Waals surface area (Å²) in [7, 11) is -2.05. The highest BCUT2D eigenvalue weighted by atomic mass is 32.2. The van der Waals surface area contributed by atoms with Gasteiger partial charge in [0, 0.05) is 32.7 Å². The van der Waals surface area contributed by atoms with Crippen LogP contribution in [0.25, 0.3) is 0 Å². The minimum Gasteiger partial charge on any atom is -0.494 e. The van der Waals surface area contributed by atoms with Crippen LogP contribution in [0.5, 0.6) is 5.75 Å². The average Bonchev–Trinajstić information content (AvgIpc) is 2.74. The Morgan fingerprint density at radius 2 is 1.72 bits per heavy atom. The van der Waals surface area contributed by atoms with Crippen LogP contribution in [0.4, 0.5) is 4.39 Å². The largest absolute Gasteiger partial charge is 0.494 e.